The molecule has 2 aromatic rings. The van der Waals surface area contributed by atoms with Gasteiger partial charge in [0.15, 0.2) is 6.61 Å². The second-order valence-electron chi connectivity index (χ2n) is 4.96. The molecule has 1 N–H and O–H groups in total. The van der Waals surface area contributed by atoms with Crippen LogP contribution in [0.1, 0.15) is 11.1 Å². The number of nitro benzene ring substituents is 1. The van der Waals surface area contributed by atoms with Crippen LogP contribution in [-0.4, -0.2) is 17.4 Å². The highest BCUT2D eigenvalue weighted by atomic mass is 35.5. The van der Waals surface area contributed by atoms with Crippen molar-refractivity contribution in [1.82, 2.24) is 0 Å². The van der Waals surface area contributed by atoms with Crippen LogP contribution in [0.2, 0.25) is 5.02 Å². The molecule has 6 nitrogen and oxygen atoms in total. The van der Waals surface area contributed by atoms with E-state index in [1.165, 1.54) is 18.2 Å². The van der Waals surface area contributed by atoms with Gasteiger partial charge in [0.25, 0.3) is 11.6 Å². The molecule has 2 aromatic carbocycles. The van der Waals surface area contributed by atoms with Crippen LogP contribution >= 0.6 is 11.6 Å². The molecule has 0 radical (unpaired) electrons. The van der Waals surface area contributed by atoms with Crippen molar-refractivity contribution in [1.29, 1.82) is 0 Å². The van der Waals surface area contributed by atoms with Gasteiger partial charge in [-0.3, -0.25) is 14.9 Å². The van der Waals surface area contributed by atoms with Gasteiger partial charge in [-0.05, 0) is 37.1 Å². The summed E-state index contributed by atoms with van der Waals surface area (Å²) in [6.45, 7) is 3.63. The molecule has 0 aliphatic rings. The lowest BCUT2D eigenvalue weighted by molar-refractivity contribution is -0.384. The molecule has 0 saturated carbocycles. The van der Waals surface area contributed by atoms with E-state index in [-0.39, 0.29) is 23.0 Å². The minimum atomic E-state index is -0.557. The van der Waals surface area contributed by atoms with Gasteiger partial charge in [0, 0.05) is 12.1 Å². The lowest BCUT2D eigenvalue weighted by atomic mass is 10.1. The molecule has 0 aliphatic heterocycles. The van der Waals surface area contributed by atoms with Crippen molar-refractivity contribution < 1.29 is 14.5 Å². The van der Waals surface area contributed by atoms with E-state index in [2.05, 4.69) is 5.32 Å². The fourth-order valence-electron chi connectivity index (χ4n) is 1.93. The van der Waals surface area contributed by atoms with Gasteiger partial charge in [0.2, 0.25) is 0 Å². The Balaban J connectivity index is 2.04. The summed E-state index contributed by atoms with van der Waals surface area (Å²) in [6, 6.07) is 9.40. The Morgan fingerprint density at radius 3 is 2.74 bits per heavy atom. The number of nitrogens with zero attached hydrogens (tertiary/aromatic N) is 1. The van der Waals surface area contributed by atoms with Crippen molar-refractivity contribution in [3.05, 3.63) is 62.7 Å². The number of halogens is 1. The first-order valence-corrected chi connectivity index (χ1v) is 7.19. The molecule has 0 spiro atoms. The first-order chi connectivity index (χ1) is 10.9. The molecule has 1 amide bonds. The van der Waals surface area contributed by atoms with Crippen LogP contribution in [0.15, 0.2) is 36.4 Å². The summed E-state index contributed by atoms with van der Waals surface area (Å²) in [5, 5.41) is 13.5. The number of nitro groups is 1. The maximum absolute atomic E-state index is 12.0. The molecule has 0 aliphatic carbocycles. The van der Waals surface area contributed by atoms with Gasteiger partial charge < -0.3 is 10.1 Å². The molecule has 2 rings (SSSR count). The van der Waals surface area contributed by atoms with Gasteiger partial charge in [-0.15, -0.1) is 0 Å². The monoisotopic (exact) mass is 334 g/mol. The Kier molecular flexibility index (Phi) is 5.18. The molecule has 0 bridgehead atoms. The van der Waals surface area contributed by atoms with Crippen molar-refractivity contribution >= 4 is 28.9 Å². The maximum atomic E-state index is 12.0. The third kappa shape index (κ3) is 4.20. The van der Waals surface area contributed by atoms with Crippen molar-refractivity contribution in [3.8, 4) is 5.75 Å². The summed E-state index contributed by atoms with van der Waals surface area (Å²) in [5.41, 5.74) is 2.04. The van der Waals surface area contributed by atoms with Crippen LogP contribution in [-0.2, 0) is 4.79 Å². The SMILES string of the molecule is Cc1cccc(OCC(=O)Nc2cc([N+](=O)[O-])ccc2Cl)c1C. The van der Waals surface area contributed by atoms with Crippen molar-refractivity contribution in [3.63, 3.8) is 0 Å². The topological polar surface area (TPSA) is 81.5 Å². The van der Waals surface area contributed by atoms with Crippen LogP contribution in [0.4, 0.5) is 11.4 Å². The third-order valence-electron chi connectivity index (χ3n) is 3.35. The molecular weight excluding hydrogens is 320 g/mol. The smallest absolute Gasteiger partial charge is 0.271 e. The summed E-state index contributed by atoms with van der Waals surface area (Å²) >= 11 is 5.93. The normalized spacial score (nSPS) is 10.2. The summed E-state index contributed by atoms with van der Waals surface area (Å²) in [7, 11) is 0. The number of benzene rings is 2. The summed E-state index contributed by atoms with van der Waals surface area (Å²) in [4.78, 5) is 22.1. The average Bonchev–Trinajstić information content (AvgIpc) is 2.50. The minimum Gasteiger partial charge on any atom is -0.483 e. The number of rotatable bonds is 5. The van der Waals surface area contributed by atoms with Crippen LogP contribution < -0.4 is 10.1 Å². The van der Waals surface area contributed by atoms with Gasteiger partial charge >= 0.3 is 0 Å². The molecule has 7 heteroatoms. The number of non-ortho nitro benzene ring substituents is 1. The van der Waals surface area contributed by atoms with Gasteiger partial charge in [-0.1, -0.05) is 23.7 Å². The van der Waals surface area contributed by atoms with E-state index < -0.39 is 10.8 Å². The van der Waals surface area contributed by atoms with Gasteiger partial charge in [-0.2, -0.15) is 0 Å². The maximum Gasteiger partial charge on any atom is 0.271 e. The molecule has 0 saturated heterocycles. The second kappa shape index (κ2) is 7.11. The van der Waals surface area contributed by atoms with Crippen LogP contribution in [0.3, 0.4) is 0 Å². The van der Waals surface area contributed by atoms with E-state index >= 15 is 0 Å². The molecule has 23 heavy (non-hydrogen) atoms. The van der Waals surface area contributed by atoms with Crippen molar-refractivity contribution in [2.45, 2.75) is 13.8 Å². The van der Waals surface area contributed by atoms with E-state index in [1.807, 2.05) is 26.0 Å². The average molecular weight is 335 g/mol. The largest absolute Gasteiger partial charge is 0.483 e. The summed E-state index contributed by atoms with van der Waals surface area (Å²) in [5.74, 6) is 0.165. The zero-order valence-electron chi connectivity index (χ0n) is 12.6. The number of ether oxygens (including phenoxy) is 1. The fourth-order valence-corrected chi connectivity index (χ4v) is 2.10. The Labute approximate surface area is 138 Å². The highest BCUT2D eigenvalue weighted by molar-refractivity contribution is 6.33. The molecule has 0 fully saturated rings. The standard InChI is InChI=1S/C16H15ClN2O4/c1-10-4-3-5-15(11(10)2)23-9-16(20)18-14-8-12(19(21)22)6-7-13(14)17/h3-8H,9H2,1-2H3,(H,18,20). The van der Waals surface area contributed by atoms with E-state index in [0.29, 0.717) is 5.75 Å². The number of amides is 1. The highest BCUT2D eigenvalue weighted by Gasteiger charge is 2.13. The van der Waals surface area contributed by atoms with Crippen molar-refractivity contribution in [2.24, 2.45) is 0 Å². The zero-order chi connectivity index (χ0) is 17.0. The number of carbonyl (C=O) groups is 1. The van der Waals surface area contributed by atoms with Gasteiger partial charge in [0.05, 0.1) is 15.6 Å². The summed E-state index contributed by atoms with van der Waals surface area (Å²) in [6.07, 6.45) is 0. The number of anilines is 1. The molecular formula is C16H15ClN2O4. The van der Waals surface area contributed by atoms with E-state index in [9.17, 15) is 14.9 Å². The van der Waals surface area contributed by atoms with E-state index in [0.717, 1.165) is 11.1 Å². The number of hydrogen-bond acceptors (Lipinski definition) is 4. The predicted octanol–water partition coefficient (Wildman–Crippen LogP) is 3.88. The molecule has 0 atom stereocenters. The predicted molar refractivity (Wildman–Crippen MR) is 88.1 cm³/mol. The van der Waals surface area contributed by atoms with E-state index in [1.54, 1.807) is 6.07 Å². The van der Waals surface area contributed by atoms with Gasteiger partial charge in [0.1, 0.15) is 5.75 Å². The second-order valence-corrected chi connectivity index (χ2v) is 5.36. The minimum absolute atomic E-state index is 0.153. The Morgan fingerprint density at radius 2 is 2.04 bits per heavy atom. The van der Waals surface area contributed by atoms with Crippen LogP contribution in [0.25, 0.3) is 0 Å². The summed E-state index contributed by atoms with van der Waals surface area (Å²) < 4.78 is 5.48. The van der Waals surface area contributed by atoms with E-state index in [4.69, 9.17) is 16.3 Å². The first-order valence-electron chi connectivity index (χ1n) is 6.81. The number of aryl methyl sites for hydroxylation is 1. The lowest BCUT2D eigenvalue weighted by Crippen LogP contribution is -2.20. The van der Waals surface area contributed by atoms with Crippen molar-refractivity contribution in [2.75, 3.05) is 11.9 Å². The molecule has 120 valence electrons. The Bertz CT molecular complexity index is 762. The van der Waals surface area contributed by atoms with Crippen LogP contribution in [0, 0.1) is 24.0 Å². The fraction of sp³-hybridized carbons (Fsp3) is 0.188. The third-order valence-corrected chi connectivity index (χ3v) is 3.68. The Morgan fingerprint density at radius 1 is 1.30 bits per heavy atom. The first kappa shape index (κ1) is 16.8. The Hall–Kier alpha value is -2.60. The number of nitrogens with one attached hydrogen (secondary N) is 1. The highest BCUT2D eigenvalue weighted by Crippen LogP contribution is 2.26. The zero-order valence-corrected chi connectivity index (χ0v) is 13.4. The quantitative estimate of drug-likeness (QED) is 0.664. The van der Waals surface area contributed by atoms with Crippen LogP contribution in [0.5, 0.6) is 5.75 Å². The van der Waals surface area contributed by atoms with Gasteiger partial charge in [-0.25, -0.2) is 0 Å². The molecule has 0 unspecified atom stereocenters. The lowest BCUT2D eigenvalue weighted by Gasteiger charge is -2.11. The molecule has 0 heterocycles. The number of hydrogen-bond donors (Lipinski definition) is 1. The number of carbonyl (C=O) groups excluding carboxylic acids is 1. The molecule has 0 aromatic heterocycles.